The number of thioether (sulfide) groups is 1. The zero-order chi connectivity index (χ0) is 12.8. The molecule has 4 atom stereocenters. The summed E-state index contributed by atoms with van der Waals surface area (Å²) < 4.78 is 0. The van der Waals surface area contributed by atoms with Gasteiger partial charge in [0.05, 0.1) is 0 Å². The van der Waals surface area contributed by atoms with Crippen molar-refractivity contribution in [3.63, 3.8) is 0 Å². The van der Waals surface area contributed by atoms with Gasteiger partial charge in [0.2, 0.25) is 0 Å². The van der Waals surface area contributed by atoms with Crippen molar-refractivity contribution < 1.29 is 0 Å². The first-order chi connectivity index (χ1) is 8.81. The van der Waals surface area contributed by atoms with Crippen LogP contribution in [-0.4, -0.2) is 36.2 Å². The summed E-state index contributed by atoms with van der Waals surface area (Å²) in [5.74, 6) is 3.39. The van der Waals surface area contributed by atoms with Crippen LogP contribution in [0.4, 0.5) is 0 Å². The standard InChI is InChI=1S/C15H30N2S/c1-3-18-11-12(2)17-15-8-5-4-7-13(15)14-9-6-10-16-14/h12-17H,3-11H2,1-2H3. The highest BCUT2D eigenvalue weighted by Gasteiger charge is 2.33. The summed E-state index contributed by atoms with van der Waals surface area (Å²) in [6, 6.07) is 2.23. The van der Waals surface area contributed by atoms with Gasteiger partial charge < -0.3 is 10.6 Å². The number of rotatable bonds is 6. The average Bonchev–Trinajstić information content (AvgIpc) is 2.91. The Kier molecular flexibility index (Phi) is 6.33. The lowest BCUT2D eigenvalue weighted by Crippen LogP contribution is -2.50. The van der Waals surface area contributed by atoms with E-state index in [1.165, 1.54) is 56.6 Å². The molecule has 0 radical (unpaired) electrons. The second-order valence-corrected chi connectivity index (χ2v) is 7.30. The molecular weight excluding hydrogens is 240 g/mol. The maximum absolute atomic E-state index is 3.92. The summed E-state index contributed by atoms with van der Waals surface area (Å²) in [5.41, 5.74) is 0. The molecule has 0 aromatic rings. The molecule has 1 aliphatic carbocycles. The van der Waals surface area contributed by atoms with Gasteiger partial charge in [-0.3, -0.25) is 0 Å². The highest BCUT2D eigenvalue weighted by atomic mass is 32.2. The van der Waals surface area contributed by atoms with Crippen molar-refractivity contribution >= 4 is 11.8 Å². The van der Waals surface area contributed by atoms with Crippen molar-refractivity contribution in [2.45, 2.75) is 70.5 Å². The van der Waals surface area contributed by atoms with Gasteiger partial charge in [0.25, 0.3) is 0 Å². The molecule has 0 bridgehead atoms. The first kappa shape index (κ1) is 14.7. The molecule has 0 aromatic carbocycles. The lowest BCUT2D eigenvalue weighted by Gasteiger charge is -2.38. The van der Waals surface area contributed by atoms with E-state index < -0.39 is 0 Å². The molecule has 1 heterocycles. The SMILES string of the molecule is CCSCC(C)NC1CCCCC1C1CCCN1. The van der Waals surface area contributed by atoms with Gasteiger partial charge in [-0.25, -0.2) is 0 Å². The second kappa shape index (κ2) is 7.76. The van der Waals surface area contributed by atoms with Crippen molar-refractivity contribution in [1.82, 2.24) is 10.6 Å². The van der Waals surface area contributed by atoms with Crippen LogP contribution in [0.5, 0.6) is 0 Å². The molecule has 0 aromatic heterocycles. The van der Waals surface area contributed by atoms with E-state index in [0.29, 0.717) is 6.04 Å². The van der Waals surface area contributed by atoms with Gasteiger partial charge in [0.15, 0.2) is 0 Å². The molecule has 18 heavy (non-hydrogen) atoms. The molecule has 0 spiro atoms. The largest absolute Gasteiger partial charge is 0.314 e. The molecule has 1 aliphatic heterocycles. The van der Waals surface area contributed by atoms with Gasteiger partial charge in [-0.1, -0.05) is 19.8 Å². The summed E-state index contributed by atoms with van der Waals surface area (Å²) in [6.07, 6.45) is 8.48. The van der Waals surface area contributed by atoms with Crippen LogP contribution in [0.25, 0.3) is 0 Å². The molecule has 1 saturated carbocycles. The Hall–Kier alpha value is 0.270. The fourth-order valence-corrected chi connectivity index (χ4v) is 4.32. The van der Waals surface area contributed by atoms with Crippen LogP contribution in [0.3, 0.4) is 0 Å². The normalized spacial score (nSPS) is 34.7. The first-order valence-electron chi connectivity index (χ1n) is 7.88. The summed E-state index contributed by atoms with van der Waals surface area (Å²) in [5, 5.41) is 7.65. The van der Waals surface area contributed by atoms with Crippen LogP contribution >= 0.6 is 11.8 Å². The van der Waals surface area contributed by atoms with E-state index in [0.717, 1.165) is 18.0 Å². The monoisotopic (exact) mass is 270 g/mol. The molecule has 3 heteroatoms. The highest BCUT2D eigenvalue weighted by molar-refractivity contribution is 7.99. The van der Waals surface area contributed by atoms with Crippen molar-refractivity contribution in [2.75, 3.05) is 18.1 Å². The van der Waals surface area contributed by atoms with E-state index >= 15 is 0 Å². The van der Waals surface area contributed by atoms with Gasteiger partial charge in [0, 0.05) is 23.9 Å². The van der Waals surface area contributed by atoms with E-state index in [1.807, 2.05) is 0 Å². The molecule has 2 N–H and O–H groups in total. The van der Waals surface area contributed by atoms with E-state index in [9.17, 15) is 0 Å². The molecule has 2 nitrogen and oxygen atoms in total. The quantitative estimate of drug-likeness (QED) is 0.776. The van der Waals surface area contributed by atoms with Gasteiger partial charge in [0.1, 0.15) is 0 Å². The lowest BCUT2D eigenvalue weighted by atomic mass is 9.79. The molecule has 2 aliphatic rings. The van der Waals surface area contributed by atoms with Crippen LogP contribution in [0.1, 0.15) is 52.4 Å². The second-order valence-electron chi connectivity index (χ2n) is 5.98. The van der Waals surface area contributed by atoms with Crippen molar-refractivity contribution in [1.29, 1.82) is 0 Å². The topological polar surface area (TPSA) is 24.1 Å². The van der Waals surface area contributed by atoms with E-state index in [4.69, 9.17) is 0 Å². The first-order valence-corrected chi connectivity index (χ1v) is 9.04. The van der Waals surface area contributed by atoms with Gasteiger partial charge in [-0.15, -0.1) is 0 Å². The zero-order valence-corrected chi connectivity index (χ0v) is 12.9. The minimum absolute atomic E-state index is 0.668. The third-order valence-corrected chi connectivity index (χ3v) is 5.65. The molecule has 2 fully saturated rings. The zero-order valence-electron chi connectivity index (χ0n) is 12.1. The summed E-state index contributed by atoms with van der Waals surface area (Å²) in [4.78, 5) is 0. The van der Waals surface area contributed by atoms with Crippen molar-refractivity contribution in [3.05, 3.63) is 0 Å². The molecule has 4 unspecified atom stereocenters. The Bertz CT molecular complexity index is 229. The Morgan fingerprint density at radius 2 is 2.06 bits per heavy atom. The number of hydrogen-bond donors (Lipinski definition) is 2. The number of hydrogen-bond acceptors (Lipinski definition) is 3. The summed E-state index contributed by atoms with van der Waals surface area (Å²) in [7, 11) is 0. The summed E-state index contributed by atoms with van der Waals surface area (Å²) >= 11 is 2.06. The van der Waals surface area contributed by atoms with E-state index in [2.05, 4.69) is 36.2 Å². The van der Waals surface area contributed by atoms with Crippen molar-refractivity contribution in [2.24, 2.45) is 5.92 Å². The van der Waals surface area contributed by atoms with Crippen LogP contribution in [-0.2, 0) is 0 Å². The van der Waals surface area contributed by atoms with E-state index in [-0.39, 0.29) is 0 Å². The fourth-order valence-electron chi connectivity index (χ4n) is 3.63. The van der Waals surface area contributed by atoms with Crippen LogP contribution in [0.2, 0.25) is 0 Å². The maximum atomic E-state index is 3.92. The summed E-state index contributed by atoms with van der Waals surface area (Å²) in [6.45, 7) is 5.86. The van der Waals surface area contributed by atoms with Crippen molar-refractivity contribution in [3.8, 4) is 0 Å². The average molecular weight is 270 g/mol. The Labute approximate surface area is 117 Å². The highest BCUT2D eigenvalue weighted by Crippen LogP contribution is 2.31. The minimum Gasteiger partial charge on any atom is -0.314 e. The van der Waals surface area contributed by atoms with Gasteiger partial charge >= 0.3 is 0 Å². The maximum Gasteiger partial charge on any atom is 0.0132 e. The van der Waals surface area contributed by atoms with Crippen LogP contribution in [0, 0.1) is 5.92 Å². The van der Waals surface area contributed by atoms with Crippen LogP contribution < -0.4 is 10.6 Å². The lowest BCUT2D eigenvalue weighted by molar-refractivity contribution is 0.206. The Morgan fingerprint density at radius 1 is 1.22 bits per heavy atom. The van der Waals surface area contributed by atoms with E-state index in [1.54, 1.807) is 0 Å². The third-order valence-electron chi connectivity index (χ3n) is 4.51. The van der Waals surface area contributed by atoms with Crippen LogP contribution in [0.15, 0.2) is 0 Å². The number of nitrogens with one attached hydrogen (secondary N) is 2. The molecule has 0 amide bonds. The third kappa shape index (κ3) is 4.14. The molecule has 106 valence electrons. The predicted octanol–water partition coefficient (Wildman–Crippen LogP) is 3.03. The molecule has 1 saturated heterocycles. The van der Waals surface area contributed by atoms with Gasteiger partial charge in [-0.2, -0.15) is 11.8 Å². The minimum atomic E-state index is 0.668. The smallest absolute Gasteiger partial charge is 0.0132 e. The Morgan fingerprint density at radius 3 is 2.78 bits per heavy atom. The fraction of sp³-hybridized carbons (Fsp3) is 1.00. The predicted molar refractivity (Wildman–Crippen MR) is 82.4 cm³/mol. The van der Waals surface area contributed by atoms with Gasteiger partial charge in [-0.05, 0) is 50.8 Å². The molecule has 2 rings (SSSR count). The Balaban J connectivity index is 1.82. The molecular formula is C15H30N2S.